The maximum atomic E-state index is 6.04. The van der Waals surface area contributed by atoms with Crippen LogP contribution >= 0.6 is 35.6 Å². The van der Waals surface area contributed by atoms with Gasteiger partial charge < -0.3 is 15.4 Å². The van der Waals surface area contributed by atoms with E-state index in [0.717, 1.165) is 30.5 Å². The average Bonchev–Trinajstić information content (AvgIpc) is 2.42. The van der Waals surface area contributed by atoms with Crippen molar-refractivity contribution >= 4 is 41.5 Å². The number of methoxy groups -OCH3 is 1. The van der Waals surface area contributed by atoms with Gasteiger partial charge in [-0.05, 0) is 29.5 Å². The molecule has 2 N–H and O–H groups in total. The van der Waals surface area contributed by atoms with E-state index in [1.54, 1.807) is 14.2 Å². The first-order chi connectivity index (χ1) is 9.96. The molecule has 0 saturated heterocycles. The van der Waals surface area contributed by atoms with Crippen LogP contribution < -0.4 is 10.6 Å². The quantitative estimate of drug-likeness (QED) is 0.296. The second kappa shape index (κ2) is 11.1. The van der Waals surface area contributed by atoms with Gasteiger partial charge in [-0.3, -0.25) is 4.99 Å². The van der Waals surface area contributed by atoms with Crippen molar-refractivity contribution in [2.24, 2.45) is 10.4 Å². The minimum Gasteiger partial charge on any atom is -0.383 e. The molecule has 0 aliphatic heterocycles. The normalized spacial score (nSPS) is 11.8. The van der Waals surface area contributed by atoms with Crippen molar-refractivity contribution in [1.82, 2.24) is 10.6 Å². The molecule has 0 saturated carbocycles. The summed E-state index contributed by atoms with van der Waals surface area (Å²) in [6.07, 6.45) is 0.954. The van der Waals surface area contributed by atoms with Crippen LogP contribution in [-0.4, -0.2) is 39.8 Å². The molecule has 22 heavy (non-hydrogen) atoms. The van der Waals surface area contributed by atoms with Gasteiger partial charge >= 0.3 is 0 Å². The molecule has 1 aromatic rings. The zero-order valence-corrected chi connectivity index (χ0v) is 16.9. The summed E-state index contributed by atoms with van der Waals surface area (Å²) in [5, 5.41) is 7.35. The van der Waals surface area contributed by atoms with Crippen LogP contribution in [0.5, 0.6) is 0 Å². The predicted octanol–water partition coefficient (Wildman–Crippen LogP) is 3.34. The van der Waals surface area contributed by atoms with Crippen LogP contribution in [0.25, 0.3) is 0 Å². The fourth-order valence-corrected chi connectivity index (χ4v) is 2.29. The van der Waals surface area contributed by atoms with Gasteiger partial charge in [0, 0.05) is 32.3 Å². The van der Waals surface area contributed by atoms with Gasteiger partial charge in [0.15, 0.2) is 5.96 Å². The highest BCUT2D eigenvalue weighted by Gasteiger charge is 2.19. The molecule has 126 valence electrons. The average molecular weight is 440 g/mol. The fourth-order valence-electron chi connectivity index (χ4n) is 2.08. The minimum atomic E-state index is 0. The lowest BCUT2D eigenvalue weighted by molar-refractivity contribution is 0.203. The third kappa shape index (κ3) is 8.80. The molecule has 0 fully saturated rings. The summed E-state index contributed by atoms with van der Waals surface area (Å²) in [7, 11) is 3.46. The Labute approximate surface area is 156 Å². The van der Waals surface area contributed by atoms with Crippen molar-refractivity contribution < 1.29 is 4.74 Å². The molecule has 4 nitrogen and oxygen atoms in total. The van der Waals surface area contributed by atoms with Crippen LogP contribution in [0.2, 0.25) is 5.02 Å². The fraction of sp³-hybridized carbons (Fsp3) is 0.562. The van der Waals surface area contributed by atoms with Gasteiger partial charge in [-0.25, -0.2) is 0 Å². The molecule has 0 aliphatic rings. The smallest absolute Gasteiger partial charge is 0.191 e. The number of aliphatic imine (C=N–C) groups is 1. The van der Waals surface area contributed by atoms with E-state index in [9.17, 15) is 0 Å². The highest BCUT2D eigenvalue weighted by Crippen LogP contribution is 2.22. The second-order valence-electron chi connectivity index (χ2n) is 5.82. The van der Waals surface area contributed by atoms with Gasteiger partial charge in [0.2, 0.25) is 0 Å². The molecular formula is C16H27ClIN3O. The summed E-state index contributed by atoms with van der Waals surface area (Å²) in [5.74, 6) is 0.797. The molecular weight excluding hydrogens is 413 g/mol. The van der Waals surface area contributed by atoms with Crippen molar-refractivity contribution in [1.29, 1.82) is 0 Å². The van der Waals surface area contributed by atoms with Gasteiger partial charge in [-0.15, -0.1) is 24.0 Å². The molecule has 6 heteroatoms. The monoisotopic (exact) mass is 439 g/mol. The van der Waals surface area contributed by atoms with Crippen LogP contribution in [0.1, 0.15) is 19.4 Å². The summed E-state index contributed by atoms with van der Waals surface area (Å²) in [6.45, 7) is 6.68. The summed E-state index contributed by atoms with van der Waals surface area (Å²) in [6, 6.07) is 8.03. The van der Waals surface area contributed by atoms with E-state index < -0.39 is 0 Å². The van der Waals surface area contributed by atoms with Crippen LogP contribution in [0, 0.1) is 5.41 Å². The minimum absolute atomic E-state index is 0. The van der Waals surface area contributed by atoms with E-state index in [-0.39, 0.29) is 29.4 Å². The Balaban J connectivity index is 0.00000441. The Kier molecular flexibility index (Phi) is 10.8. The number of guanidine groups is 1. The van der Waals surface area contributed by atoms with Crippen molar-refractivity contribution in [2.45, 2.75) is 20.3 Å². The number of halogens is 2. The maximum Gasteiger partial charge on any atom is 0.191 e. The lowest BCUT2D eigenvalue weighted by Crippen LogP contribution is -2.43. The first-order valence-corrected chi connectivity index (χ1v) is 7.52. The van der Waals surface area contributed by atoms with Crippen molar-refractivity contribution in [3.8, 4) is 0 Å². The summed E-state index contributed by atoms with van der Waals surface area (Å²) in [5.41, 5.74) is 1.35. The van der Waals surface area contributed by atoms with Crippen molar-refractivity contribution in [3.63, 3.8) is 0 Å². The first-order valence-electron chi connectivity index (χ1n) is 7.15. The SMILES string of the molecule is CN=C(NCCOC)NCC(C)(C)Cc1cccc(Cl)c1.I. The number of hydrogen-bond donors (Lipinski definition) is 2. The molecule has 0 radical (unpaired) electrons. The Morgan fingerprint density at radius 2 is 2.05 bits per heavy atom. The Bertz CT molecular complexity index is 466. The molecule has 0 heterocycles. The molecule has 0 bridgehead atoms. The first kappa shape index (κ1) is 21.5. The molecule has 0 unspecified atom stereocenters. The summed E-state index contributed by atoms with van der Waals surface area (Å²) in [4.78, 5) is 4.20. The van der Waals surface area contributed by atoms with Crippen LogP contribution in [0.15, 0.2) is 29.3 Å². The third-order valence-corrected chi connectivity index (χ3v) is 3.36. The highest BCUT2D eigenvalue weighted by molar-refractivity contribution is 14.0. The van der Waals surface area contributed by atoms with Crippen LogP contribution in [-0.2, 0) is 11.2 Å². The number of ether oxygens (including phenoxy) is 1. The van der Waals surface area contributed by atoms with E-state index in [4.69, 9.17) is 16.3 Å². The number of nitrogens with zero attached hydrogens (tertiary/aromatic N) is 1. The second-order valence-corrected chi connectivity index (χ2v) is 6.25. The van der Waals surface area contributed by atoms with E-state index in [0.29, 0.717) is 6.61 Å². The number of nitrogens with one attached hydrogen (secondary N) is 2. The molecule has 0 aromatic heterocycles. The van der Waals surface area contributed by atoms with E-state index in [1.165, 1.54) is 5.56 Å². The summed E-state index contributed by atoms with van der Waals surface area (Å²) < 4.78 is 5.01. The van der Waals surface area contributed by atoms with Crippen molar-refractivity contribution in [3.05, 3.63) is 34.9 Å². The number of benzene rings is 1. The van der Waals surface area contributed by atoms with Gasteiger partial charge in [0.05, 0.1) is 6.61 Å². The Morgan fingerprint density at radius 3 is 2.64 bits per heavy atom. The van der Waals surface area contributed by atoms with E-state index in [2.05, 4.69) is 35.5 Å². The predicted molar refractivity (Wildman–Crippen MR) is 106 cm³/mol. The van der Waals surface area contributed by atoms with Gasteiger partial charge in [0.25, 0.3) is 0 Å². The molecule has 1 aromatic carbocycles. The molecule has 1 rings (SSSR count). The van der Waals surface area contributed by atoms with Crippen LogP contribution in [0.4, 0.5) is 0 Å². The molecule has 0 aliphatic carbocycles. The van der Waals surface area contributed by atoms with Gasteiger partial charge in [0.1, 0.15) is 0 Å². The zero-order chi connectivity index (χ0) is 15.7. The number of hydrogen-bond acceptors (Lipinski definition) is 2. The topological polar surface area (TPSA) is 45.7 Å². The maximum absolute atomic E-state index is 6.04. The van der Waals surface area contributed by atoms with E-state index in [1.807, 2.05) is 18.2 Å². The third-order valence-electron chi connectivity index (χ3n) is 3.13. The lowest BCUT2D eigenvalue weighted by Gasteiger charge is -2.26. The van der Waals surface area contributed by atoms with E-state index >= 15 is 0 Å². The van der Waals surface area contributed by atoms with Gasteiger partial charge in [-0.1, -0.05) is 37.6 Å². The summed E-state index contributed by atoms with van der Waals surface area (Å²) >= 11 is 6.04. The molecule has 0 amide bonds. The zero-order valence-electron chi connectivity index (χ0n) is 13.8. The van der Waals surface area contributed by atoms with Crippen LogP contribution in [0.3, 0.4) is 0 Å². The Morgan fingerprint density at radius 1 is 1.32 bits per heavy atom. The highest BCUT2D eigenvalue weighted by atomic mass is 127. The lowest BCUT2D eigenvalue weighted by atomic mass is 9.86. The number of rotatable bonds is 7. The van der Waals surface area contributed by atoms with Gasteiger partial charge in [-0.2, -0.15) is 0 Å². The molecule has 0 spiro atoms. The van der Waals surface area contributed by atoms with Crippen molar-refractivity contribution in [2.75, 3.05) is 33.9 Å². The molecule has 0 atom stereocenters. The largest absolute Gasteiger partial charge is 0.383 e. The Hall–Kier alpha value is -0.530. The standard InChI is InChI=1S/C16H26ClN3O.HI/c1-16(2,11-13-6-5-7-14(17)10-13)12-20-15(18-3)19-8-9-21-4;/h5-7,10H,8-9,11-12H2,1-4H3,(H2,18,19,20);1H.